The van der Waals surface area contributed by atoms with E-state index < -0.39 is 0 Å². The molecule has 0 bridgehead atoms. The number of carbonyl (C=O) groups is 1. The number of methoxy groups -OCH3 is 1. The predicted molar refractivity (Wildman–Crippen MR) is 85.9 cm³/mol. The van der Waals surface area contributed by atoms with Gasteiger partial charge in [0, 0.05) is 51.1 Å². The van der Waals surface area contributed by atoms with E-state index in [1.165, 1.54) is 18.5 Å². The maximum atomic E-state index is 11.8. The Hall–Kier alpha value is -1.59. The van der Waals surface area contributed by atoms with Gasteiger partial charge in [-0.2, -0.15) is 0 Å². The van der Waals surface area contributed by atoms with E-state index in [4.69, 9.17) is 4.74 Å². The first-order chi connectivity index (χ1) is 10.3. The largest absolute Gasteiger partial charge is 0.383 e. The molecule has 116 valence electrons. The first-order valence-corrected chi connectivity index (χ1v) is 7.64. The minimum absolute atomic E-state index is 0.0360. The van der Waals surface area contributed by atoms with Crippen LogP contribution in [0, 0.1) is 0 Å². The highest BCUT2D eigenvalue weighted by molar-refractivity contribution is 5.91. The van der Waals surface area contributed by atoms with Crippen molar-refractivity contribution < 1.29 is 9.53 Å². The molecule has 1 aromatic rings. The highest BCUT2D eigenvalue weighted by atomic mass is 16.5. The first-order valence-electron chi connectivity index (χ1n) is 7.64. The van der Waals surface area contributed by atoms with Crippen molar-refractivity contribution in [3.8, 4) is 0 Å². The molecule has 1 saturated heterocycles. The van der Waals surface area contributed by atoms with E-state index in [2.05, 4.69) is 27.7 Å². The van der Waals surface area contributed by atoms with E-state index in [-0.39, 0.29) is 5.91 Å². The molecule has 0 radical (unpaired) electrons. The molecule has 0 saturated carbocycles. The van der Waals surface area contributed by atoms with Gasteiger partial charge in [0.15, 0.2) is 0 Å². The summed E-state index contributed by atoms with van der Waals surface area (Å²) in [5.41, 5.74) is 2.10. The molecule has 5 heteroatoms. The standard InChI is InChI=1S/C16H25N3O2/c1-21-13-10-17-9-8-16(20)18-14-4-6-15(7-5-14)19-11-2-3-12-19/h4-7,17H,2-3,8-13H2,1H3,(H,18,20). The van der Waals surface area contributed by atoms with Gasteiger partial charge >= 0.3 is 0 Å². The number of benzene rings is 1. The van der Waals surface area contributed by atoms with Crippen molar-refractivity contribution in [1.29, 1.82) is 0 Å². The van der Waals surface area contributed by atoms with Gasteiger partial charge in [0.05, 0.1) is 6.61 Å². The van der Waals surface area contributed by atoms with Crippen molar-refractivity contribution in [2.75, 3.05) is 50.1 Å². The molecule has 0 unspecified atom stereocenters. The number of carbonyl (C=O) groups excluding carboxylic acids is 1. The van der Waals surface area contributed by atoms with Crippen molar-refractivity contribution in [3.05, 3.63) is 24.3 Å². The van der Waals surface area contributed by atoms with Gasteiger partial charge in [0.25, 0.3) is 0 Å². The Labute approximate surface area is 126 Å². The zero-order valence-electron chi connectivity index (χ0n) is 12.7. The van der Waals surface area contributed by atoms with Crippen LogP contribution in [0.3, 0.4) is 0 Å². The van der Waals surface area contributed by atoms with Crippen LogP contribution in [0.15, 0.2) is 24.3 Å². The molecule has 1 amide bonds. The number of ether oxygens (including phenoxy) is 1. The van der Waals surface area contributed by atoms with E-state index in [0.717, 1.165) is 25.3 Å². The number of rotatable bonds is 8. The molecule has 1 aliphatic heterocycles. The summed E-state index contributed by atoms with van der Waals surface area (Å²) < 4.78 is 4.93. The van der Waals surface area contributed by atoms with Gasteiger partial charge in [-0.1, -0.05) is 0 Å². The van der Waals surface area contributed by atoms with Crippen LogP contribution in [-0.2, 0) is 9.53 Å². The average Bonchev–Trinajstić information content (AvgIpc) is 3.02. The van der Waals surface area contributed by atoms with Crippen LogP contribution in [0.1, 0.15) is 19.3 Å². The first kappa shape index (κ1) is 15.8. The number of nitrogens with one attached hydrogen (secondary N) is 2. The molecule has 1 fully saturated rings. The Morgan fingerprint density at radius 1 is 1.19 bits per heavy atom. The zero-order chi connectivity index (χ0) is 14.9. The number of hydrogen-bond acceptors (Lipinski definition) is 4. The fourth-order valence-corrected chi connectivity index (χ4v) is 2.46. The number of nitrogens with zero attached hydrogens (tertiary/aromatic N) is 1. The van der Waals surface area contributed by atoms with Gasteiger partial charge < -0.3 is 20.3 Å². The minimum Gasteiger partial charge on any atom is -0.383 e. The van der Waals surface area contributed by atoms with Crippen molar-refractivity contribution >= 4 is 17.3 Å². The quantitative estimate of drug-likeness (QED) is 0.718. The topological polar surface area (TPSA) is 53.6 Å². The Morgan fingerprint density at radius 2 is 1.90 bits per heavy atom. The molecule has 0 aliphatic carbocycles. The lowest BCUT2D eigenvalue weighted by Gasteiger charge is -2.17. The summed E-state index contributed by atoms with van der Waals surface area (Å²) in [5.74, 6) is 0.0360. The van der Waals surface area contributed by atoms with Gasteiger partial charge in [0.2, 0.25) is 5.91 Å². The molecule has 2 rings (SSSR count). The lowest BCUT2D eigenvalue weighted by molar-refractivity contribution is -0.116. The molecule has 1 heterocycles. The molecule has 2 N–H and O–H groups in total. The second-order valence-corrected chi connectivity index (χ2v) is 5.28. The summed E-state index contributed by atoms with van der Waals surface area (Å²) in [4.78, 5) is 14.2. The average molecular weight is 291 g/mol. The van der Waals surface area contributed by atoms with Crippen LogP contribution >= 0.6 is 0 Å². The third-order valence-electron chi connectivity index (χ3n) is 3.63. The molecule has 0 spiro atoms. The van der Waals surface area contributed by atoms with Gasteiger partial charge in [0.1, 0.15) is 0 Å². The van der Waals surface area contributed by atoms with Crippen molar-refractivity contribution in [2.24, 2.45) is 0 Å². The maximum absolute atomic E-state index is 11.8. The van der Waals surface area contributed by atoms with E-state index in [0.29, 0.717) is 19.6 Å². The van der Waals surface area contributed by atoms with Gasteiger partial charge in [-0.3, -0.25) is 4.79 Å². The van der Waals surface area contributed by atoms with Crippen molar-refractivity contribution in [3.63, 3.8) is 0 Å². The normalized spacial score (nSPS) is 14.4. The number of amides is 1. The van der Waals surface area contributed by atoms with Crippen LogP contribution in [-0.4, -0.2) is 45.8 Å². The second kappa shape index (κ2) is 8.64. The van der Waals surface area contributed by atoms with Crippen LogP contribution in [0.4, 0.5) is 11.4 Å². The molecule has 0 atom stereocenters. The SMILES string of the molecule is COCCNCCC(=O)Nc1ccc(N2CCCC2)cc1. The second-order valence-electron chi connectivity index (χ2n) is 5.28. The highest BCUT2D eigenvalue weighted by Gasteiger charge is 2.11. The molecule has 5 nitrogen and oxygen atoms in total. The van der Waals surface area contributed by atoms with Crippen LogP contribution in [0.25, 0.3) is 0 Å². The lowest BCUT2D eigenvalue weighted by atomic mass is 10.2. The lowest BCUT2D eigenvalue weighted by Crippen LogP contribution is -2.24. The number of hydrogen-bond donors (Lipinski definition) is 2. The Morgan fingerprint density at radius 3 is 2.57 bits per heavy atom. The highest BCUT2D eigenvalue weighted by Crippen LogP contribution is 2.21. The molecule has 0 aromatic heterocycles. The monoisotopic (exact) mass is 291 g/mol. The molecular weight excluding hydrogens is 266 g/mol. The molecule has 1 aliphatic rings. The zero-order valence-corrected chi connectivity index (χ0v) is 12.7. The summed E-state index contributed by atoms with van der Waals surface area (Å²) in [6.07, 6.45) is 3.01. The summed E-state index contributed by atoms with van der Waals surface area (Å²) in [5, 5.41) is 6.08. The summed E-state index contributed by atoms with van der Waals surface area (Å²) in [7, 11) is 1.67. The number of anilines is 2. The Balaban J connectivity index is 1.71. The van der Waals surface area contributed by atoms with Crippen LogP contribution in [0.5, 0.6) is 0 Å². The van der Waals surface area contributed by atoms with Crippen molar-refractivity contribution in [1.82, 2.24) is 5.32 Å². The van der Waals surface area contributed by atoms with Crippen molar-refractivity contribution in [2.45, 2.75) is 19.3 Å². The molecule has 21 heavy (non-hydrogen) atoms. The smallest absolute Gasteiger partial charge is 0.225 e. The molecule has 1 aromatic carbocycles. The summed E-state index contributed by atoms with van der Waals surface area (Å²) in [6, 6.07) is 8.11. The fraction of sp³-hybridized carbons (Fsp3) is 0.562. The van der Waals surface area contributed by atoms with E-state index >= 15 is 0 Å². The van der Waals surface area contributed by atoms with Gasteiger partial charge in [-0.15, -0.1) is 0 Å². The summed E-state index contributed by atoms with van der Waals surface area (Å²) >= 11 is 0. The third kappa shape index (κ3) is 5.36. The van der Waals surface area contributed by atoms with Gasteiger partial charge in [-0.05, 0) is 37.1 Å². The fourth-order valence-electron chi connectivity index (χ4n) is 2.46. The maximum Gasteiger partial charge on any atom is 0.225 e. The molecular formula is C16H25N3O2. The predicted octanol–water partition coefficient (Wildman–Crippen LogP) is 1.85. The van der Waals surface area contributed by atoms with Gasteiger partial charge in [-0.25, -0.2) is 0 Å². The third-order valence-corrected chi connectivity index (χ3v) is 3.63. The minimum atomic E-state index is 0.0360. The van der Waals surface area contributed by atoms with Crippen LogP contribution < -0.4 is 15.5 Å². The summed E-state index contributed by atoms with van der Waals surface area (Å²) in [6.45, 7) is 4.38. The van der Waals surface area contributed by atoms with Crippen LogP contribution in [0.2, 0.25) is 0 Å². The Kier molecular flexibility index (Phi) is 6.50. The van der Waals surface area contributed by atoms with E-state index in [9.17, 15) is 4.79 Å². The Bertz CT molecular complexity index is 428. The van der Waals surface area contributed by atoms with E-state index in [1.54, 1.807) is 7.11 Å². The van der Waals surface area contributed by atoms with E-state index in [1.807, 2.05) is 12.1 Å².